The van der Waals surface area contributed by atoms with Crippen molar-refractivity contribution < 1.29 is 22.5 Å². The monoisotopic (exact) mass is 347 g/mol. The van der Waals surface area contributed by atoms with Crippen LogP contribution in [-0.4, -0.2) is 17.4 Å². The van der Waals surface area contributed by atoms with E-state index in [-0.39, 0.29) is 6.54 Å². The second-order valence-corrected chi connectivity index (χ2v) is 5.18. The van der Waals surface area contributed by atoms with Gasteiger partial charge in [-0.15, -0.1) is 0 Å². The van der Waals surface area contributed by atoms with Gasteiger partial charge in [-0.3, -0.25) is 0 Å². The molecule has 1 atom stereocenters. The third-order valence-electron chi connectivity index (χ3n) is 2.93. The number of rotatable bonds is 5. The van der Waals surface area contributed by atoms with E-state index in [4.69, 9.17) is 11.6 Å². The van der Waals surface area contributed by atoms with E-state index < -0.39 is 24.7 Å². The van der Waals surface area contributed by atoms with E-state index in [9.17, 15) is 18.0 Å². The van der Waals surface area contributed by atoms with Crippen molar-refractivity contribution in [3.05, 3.63) is 52.9 Å². The molecule has 1 heterocycles. The van der Waals surface area contributed by atoms with Gasteiger partial charge in [0.1, 0.15) is 12.0 Å². The number of urea groups is 1. The molecular formula is C14H13ClF3N3O2. The molecule has 0 aliphatic heterocycles. The van der Waals surface area contributed by atoms with Crippen LogP contribution in [0.15, 0.2) is 41.1 Å². The summed E-state index contributed by atoms with van der Waals surface area (Å²) in [7, 11) is 0. The highest BCUT2D eigenvalue weighted by atomic mass is 35.5. The quantitative estimate of drug-likeness (QED) is 0.864. The Morgan fingerprint density at radius 3 is 2.52 bits per heavy atom. The van der Waals surface area contributed by atoms with Gasteiger partial charge in [0.05, 0.1) is 19.0 Å². The smallest absolute Gasteiger partial charge is 0.364 e. The van der Waals surface area contributed by atoms with Gasteiger partial charge in [-0.25, -0.2) is 4.79 Å². The lowest BCUT2D eigenvalue weighted by Crippen LogP contribution is -2.39. The number of alkyl halides is 3. The Morgan fingerprint density at radius 2 is 1.96 bits per heavy atom. The van der Waals surface area contributed by atoms with Crippen LogP contribution in [0.3, 0.4) is 0 Å². The maximum absolute atomic E-state index is 12.7. The highest BCUT2D eigenvalue weighted by Crippen LogP contribution is 2.30. The first-order valence-corrected chi connectivity index (χ1v) is 6.97. The number of amides is 2. The fourth-order valence-corrected chi connectivity index (χ4v) is 2.01. The van der Waals surface area contributed by atoms with Crippen molar-refractivity contribution in [2.75, 3.05) is 0 Å². The van der Waals surface area contributed by atoms with Crippen molar-refractivity contribution in [3.8, 4) is 0 Å². The van der Waals surface area contributed by atoms with Crippen molar-refractivity contribution in [2.45, 2.75) is 25.2 Å². The van der Waals surface area contributed by atoms with Gasteiger partial charge in [-0.1, -0.05) is 28.9 Å². The van der Waals surface area contributed by atoms with E-state index in [0.29, 0.717) is 16.3 Å². The summed E-state index contributed by atoms with van der Waals surface area (Å²) in [4.78, 5) is 11.8. The van der Waals surface area contributed by atoms with Gasteiger partial charge in [0.15, 0.2) is 0 Å². The zero-order valence-corrected chi connectivity index (χ0v) is 12.5. The van der Waals surface area contributed by atoms with Crippen LogP contribution in [0, 0.1) is 0 Å². The molecule has 124 valence electrons. The van der Waals surface area contributed by atoms with Crippen LogP contribution in [0.25, 0.3) is 0 Å². The Morgan fingerprint density at radius 1 is 1.26 bits per heavy atom. The van der Waals surface area contributed by atoms with Crippen LogP contribution in [0.2, 0.25) is 5.02 Å². The summed E-state index contributed by atoms with van der Waals surface area (Å²) in [6.45, 7) is 0.0433. The number of nitrogens with one attached hydrogen (secondary N) is 2. The van der Waals surface area contributed by atoms with Crippen LogP contribution in [0.1, 0.15) is 23.7 Å². The Hall–Kier alpha value is -2.22. The summed E-state index contributed by atoms with van der Waals surface area (Å²) in [5.74, 6) is 0. The molecule has 0 aliphatic carbocycles. The molecule has 0 unspecified atom stereocenters. The number of benzene rings is 1. The number of hydrogen-bond acceptors (Lipinski definition) is 3. The van der Waals surface area contributed by atoms with Crippen LogP contribution in [-0.2, 0) is 6.54 Å². The molecule has 0 spiro atoms. The fourth-order valence-electron chi connectivity index (χ4n) is 1.89. The summed E-state index contributed by atoms with van der Waals surface area (Å²) in [6.07, 6.45) is -4.29. The van der Waals surface area contributed by atoms with E-state index in [2.05, 4.69) is 20.3 Å². The molecule has 5 nitrogen and oxygen atoms in total. The number of halogens is 4. The SMILES string of the molecule is O=C(NCc1ccon1)N[C@@H](CC(F)(F)F)c1ccc(Cl)cc1. The molecule has 9 heteroatoms. The van der Waals surface area contributed by atoms with Gasteiger partial charge in [-0.05, 0) is 17.7 Å². The van der Waals surface area contributed by atoms with Gasteiger partial charge < -0.3 is 15.2 Å². The van der Waals surface area contributed by atoms with Crippen LogP contribution < -0.4 is 10.6 Å². The van der Waals surface area contributed by atoms with Crippen LogP contribution in [0.5, 0.6) is 0 Å². The van der Waals surface area contributed by atoms with E-state index in [1.165, 1.54) is 36.6 Å². The number of aromatic nitrogens is 1. The number of carbonyl (C=O) groups is 1. The van der Waals surface area contributed by atoms with E-state index in [1.807, 2.05) is 0 Å². The average molecular weight is 348 g/mol. The maximum atomic E-state index is 12.7. The molecule has 0 saturated carbocycles. The van der Waals surface area contributed by atoms with Gasteiger partial charge >= 0.3 is 12.2 Å². The first-order chi connectivity index (χ1) is 10.8. The zero-order valence-electron chi connectivity index (χ0n) is 11.7. The molecule has 0 aliphatic rings. The molecule has 1 aromatic carbocycles. The molecule has 0 saturated heterocycles. The molecule has 2 aromatic rings. The Bertz CT molecular complexity index is 630. The number of hydrogen-bond donors (Lipinski definition) is 2. The van der Waals surface area contributed by atoms with E-state index in [0.717, 1.165) is 0 Å². The Balaban J connectivity index is 2.01. The number of carbonyl (C=O) groups excluding carboxylic acids is 1. The van der Waals surface area contributed by atoms with E-state index in [1.54, 1.807) is 0 Å². The molecule has 0 fully saturated rings. The minimum absolute atomic E-state index is 0.0433. The van der Waals surface area contributed by atoms with Crippen molar-refractivity contribution >= 4 is 17.6 Å². The van der Waals surface area contributed by atoms with E-state index >= 15 is 0 Å². The highest BCUT2D eigenvalue weighted by molar-refractivity contribution is 6.30. The minimum Gasteiger partial charge on any atom is -0.364 e. The van der Waals surface area contributed by atoms with Crippen molar-refractivity contribution in [1.29, 1.82) is 0 Å². The molecule has 23 heavy (non-hydrogen) atoms. The molecule has 2 rings (SSSR count). The summed E-state index contributed by atoms with van der Waals surface area (Å²) in [6, 6.07) is 5.39. The summed E-state index contributed by atoms with van der Waals surface area (Å²) in [5, 5.41) is 8.70. The average Bonchev–Trinajstić information content (AvgIpc) is 2.97. The van der Waals surface area contributed by atoms with Crippen molar-refractivity contribution in [2.24, 2.45) is 0 Å². The fraction of sp³-hybridized carbons (Fsp3) is 0.286. The van der Waals surface area contributed by atoms with Crippen molar-refractivity contribution in [3.63, 3.8) is 0 Å². The second kappa shape index (κ2) is 7.36. The molecule has 0 bridgehead atoms. The molecular weight excluding hydrogens is 335 g/mol. The molecule has 2 N–H and O–H groups in total. The Kier molecular flexibility index (Phi) is 5.49. The third kappa shape index (κ3) is 5.82. The minimum atomic E-state index is -4.43. The Labute approximate surface area is 134 Å². The van der Waals surface area contributed by atoms with Gasteiger partial charge in [0.25, 0.3) is 0 Å². The highest BCUT2D eigenvalue weighted by Gasteiger charge is 2.33. The largest absolute Gasteiger partial charge is 0.391 e. The molecule has 2 amide bonds. The lowest BCUT2D eigenvalue weighted by Gasteiger charge is -2.21. The lowest BCUT2D eigenvalue weighted by atomic mass is 10.0. The summed E-state index contributed by atoms with van der Waals surface area (Å²) >= 11 is 5.72. The predicted molar refractivity (Wildman–Crippen MR) is 76.7 cm³/mol. The maximum Gasteiger partial charge on any atom is 0.391 e. The standard InChI is InChI=1S/C14H13ClF3N3O2/c15-10-3-1-9(2-4-10)12(7-14(16,17)18)20-13(22)19-8-11-5-6-23-21-11/h1-6,12H,7-8H2,(H2,19,20,22)/t12-/m0/s1. The second-order valence-electron chi connectivity index (χ2n) is 4.74. The first-order valence-electron chi connectivity index (χ1n) is 6.59. The predicted octanol–water partition coefficient (Wildman–Crippen LogP) is 3.82. The van der Waals surface area contributed by atoms with Gasteiger partial charge in [0, 0.05) is 11.1 Å². The van der Waals surface area contributed by atoms with Crippen molar-refractivity contribution in [1.82, 2.24) is 15.8 Å². The zero-order chi connectivity index (χ0) is 16.9. The van der Waals surface area contributed by atoms with Gasteiger partial charge in [-0.2, -0.15) is 13.2 Å². The summed E-state index contributed by atoms with van der Waals surface area (Å²) < 4.78 is 42.7. The normalized spacial score (nSPS) is 12.7. The molecule has 1 aromatic heterocycles. The van der Waals surface area contributed by atoms with Crippen LogP contribution in [0.4, 0.5) is 18.0 Å². The number of nitrogens with zero attached hydrogens (tertiary/aromatic N) is 1. The molecule has 0 radical (unpaired) electrons. The summed E-state index contributed by atoms with van der Waals surface area (Å²) in [5.41, 5.74) is 0.766. The third-order valence-corrected chi connectivity index (χ3v) is 3.19. The van der Waals surface area contributed by atoms with Gasteiger partial charge in [0.2, 0.25) is 0 Å². The first kappa shape index (κ1) is 17.1. The van der Waals surface area contributed by atoms with Crippen LogP contribution >= 0.6 is 11.6 Å². The topological polar surface area (TPSA) is 67.2 Å². The lowest BCUT2D eigenvalue weighted by molar-refractivity contribution is -0.139.